The Morgan fingerprint density at radius 1 is 1.23 bits per heavy atom. The highest BCUT2D eigenvalue weighted by atomic mass is 32.1. The van der Waals surface area contributed by atoms with Gasteiger partial charge < -0.3 is 4.90 Å². The summed E-state index contributed by atoms with van der Waals surface area (Å²) in [5.41, 5.74) is 2.38. The van der Waals surface area contributed by atoms with E-state index in [1.807, 2.05) is 25.1 Å². The van der Waals surface area contributed by atoms with Gasteiger partial charge in [0.25, 0.3) is 0 Å². The third-order valence-corrected chi connectivity index (χ3v) is 6.55. The number of halogens is 1. The molecule has 0 spiro atoms. The second-order valence-electron chi connectivity index (χ2n) is 7.65. The van der Waals surface area contributed by atoms with Crippen molar-refractivity contribution in [3.05, 3.63) is 76.3 Å². The van der Waals surface area contributed by atoms with Gasteiger partial charge in [0.2, 0.25) is 0 Å². The Morgan fingerprint density at radius 2 is 2.00 bits per heavy atom. The third-order valence-electron chi connectivity index (χ3n) is 5.33. The molecule has 31 heavy (non-hydrogen) atoms. The zero-order chi connectivity index (χ0) is 22.0. The number of rotatable bonds is 7. The van der Waals surface area contributed by atoms with E-state index in [0.717, 1.165) is 11.3 Å². The molecule has 1 saturated heterocycles. The van der Waals surface area contributed by atoms with Crippen molar-refractivity contribution in [2.24, 2.45) is 0 Å². The van der Waals surface area contributed by atoms with Crippen LogP contribution in [0.1, 0.15) is 40.0 Å². The van der Waals surface area contributed by atoms with Gasteiger partial charge >= 0.3 is 6.03 Å². The smallest absolute Gasteiger partial charge is 0.315 e. The highest BCUT2D eigenvalue weighted by Gasteiger charge is 2.37. The largest absolute Gasteiger partial charge is 0.326 e. The molecular weight excluding hydrogens is 415 g/mol. The molecule has 1 fully saturated rings. The first-order chi connectivity index (χ1) is 14.9. The molecule has 1 aromatic carbocycles. The molecule has 0 bridgehead atoms. The Morgan fingerprint density at radius 3 is 2.71 bits per heavy atom. The molecule has 2 amide bonds. The first kappa shape index (κ1) is 21.1. The lowest BCUT2D eigenvalue weighted by Crippen LogP contribution is -2.33. The summed E-state index contributed by atoms with van der Waals surface area (Å²) in [5, 5.41) is 0.539. The number of carbonyl (C=O) groups excluding carboxylic acids is 2. The Balaban J connectivity index is 1.45. The van der Waals surface area contributed by atoms with E-state index in [9.17, 15) is 14.0 Å². The fraction of sp³-hybridized carbons (Fsp3) is 0.304. The van der Waals surface area contributed by atoms with E-state index in [4.69, 9.17) is 0 Å². The number of pyridine rings is 1. The second kappa shape index (κ2) is 8.93. The Hall–Kier alpha value is -3.13. The van der Waals surface area contributed by atoms with Gasteiger partial charge in [0.1, 0.15) is 5.82 Å². The number of Topliss-reactive ketones (excluding diaryl/α,β-unsaturated/α-hetero) is 1. The molecule has 3 heterocycles. The van der Waals surface area contributed by atoms with Crippen molar-refractivity contribution in [2.45, 2.75) is 39.3 Å². The molecule has 1 atom stereocenters. The quantitative estimate of drug-likeness (QED) is 0.505. The number of anilines is 1. The minimum atomic E-state index is -0.301. The number of hydrogen-bond donors (Lipinski definition) is 0. The van der Waals surface area contributed by atoms with Crippen molar-refractivity contribution in [2.75, 3.05) is 11.4 Å². The van der Waals surface area contributed by atoms with E-state index in [2.05, 4.69) is 9.97 Å². The van der Waals surface area contributed by atoms with Crippen LogP contribution >= 0.6 is 11.3 Å². The van der Waals surface area contributed by atoms with Gasteiger partial charge in [0.05, 0.1) is 17.1 Å². The third kappa shape index (κ3) is 4.64. The van der Waals surface area contributed by atoms with Crippen LogP contribution in [0.2, 0.25) is 0 Å². The van der Waals surface area contributed by atoms with Crippen LogP contribution in [0.4, 0.5) is 14.3 Å². The predicted molar refractivity (Wildman–Crippen MR) is 118 cm³/mol. The average Bonchev–Trinajstić information content (AvgIpc) is 3.29. The summed E-state index contributed by atoms with van der Waals surface area (Å²) >= 11 is 1.26. The van der Waals surface area contributed by atoms with E-state index >= 15 is 0 Å². The SMILES string of the molecule is Cc1nc(N2C[C@@H](C)N(Cc3ccc(F)cc3)C2=O)sc1C(=O)CCc1ccccn1. The molecule has 3 aromatic rings. The molecule has 0 N–H and O–H groups in total. The maximum absolute atomic E-state index is 13.2. The lowest BCUT2D eigenvalue weighted by Gasteiger charge is -2.20. The monoisotopic (exact) mass is 438 g/mol. The molecule has 4 rings (SSSR count). The number of carbonyl (C=O) groups is 2. The fourth-order valence-corrected chi connectivity index (χ4v) is 4.65. The lowest BCUT2D eigenvalue weighted by molar-refractivity contribution is 0.0985. The molecule has 8 heteroatoms. The van der Waals surface area contributed by atoms with Crippen LogP contribution in [0.5, 0.6) is 0 Å². The minimum absolute atomic E-state index is 0.00904. The molecule has 0 unspecified atom stereocenters. The number of aryl methyl sites for hydroxylation is 2. The summed E-state index contributed by atoms with van der Waals surface area (Å²) in [6.45, 7) is 4.67. The molecule has 160 valence electrons. The standard InChI is InChI=1S/C23H23FN4O2S/c1-15-13-28(23(30)27(15)14-17-6-8-18(24)9-7-17)22-26-16(2)21(31-22)20(29)11-10-19-5-3-4-12-25-19/h3-9,12,15H,10-11,13-14H2,1-2H3/t15-/m1/s1. The van der Waals surface area contributed by atoms with E-state index in [1.165, 1.54) is 23.5 Å². The van der Waals surface area contributed by atoms with Crippen molar-refractivity contribution in [1.82, 2.24) is 14.9 Å². The average molecular weight is 439 g/mol. The van der Waals surface area contributed by atoms with Crippen molar-refractivity contribution in [3.8, 4) is 0 Å². The lowest BCUT2D eigenvalue weighted by atomic mass is 10.1. The van der Waals surface area contributed by atoms with E-state index < -0.39 is 0 Å². The number of aromatic nitrogens is 2. The molecular formula is C23H23FN4O2S. The van der Waals surface area contributed by atoms with Gasteiger partial charge in [-0.1, -0.05) is 29.5 Å². The van der Waals surface area contributed by atoms with Crippen LogP contribution in [-0.2, 0) is 13.0 Å². The van der Waals surface area contributed by atoms with E-state index in [0.29, 0.717) is 41.6 Å². The van der Waals surface area contributed by atoms with E-state index in [-0.39, 0.29) is 23.7 Å². The predicted octanol–water partition coefficient (Wildman–Crippen LogP) is 4.63. The number of amides is 2. The van der Waals surface area contributed by atoms with Crippen molar-refractivity contribution >= 4 is 28.3 Å². The number of thiazole rings is 1. The van der Waals surface area contributed by atoms with Crippen molar-refractivity contribution in [3.63, 3.8) is 0 Å². The minimum Gasteiger partial charge on any atom is -0.315 e. The summed E-state index contributed by atoms with van der Waals surface area (Å²) in [7, 11) is 0. The number of nitrogens with zero attached hydrogens (tertiary/aromatic N) is 4. The Bertz CT molecular complexity index is 1080. The normalized spacial score (nSPS) is 16.2. The molecule has 1 aliphatic rings. The van der Waals surface area contributed by atoms with Gasteiger partial charge in [-0.15, -0.1) is 0 Å². The highest BCUT2D eigenvalue weighted by Crippen LogP contribution is 2.32. The topological polar surface area (TPSA) is 66.4 Å². The fourth-order valence-electron chi connectivity index (χ4n) is 3.61. The van der Waals surface area contributed by atoms with Crippen LogP contribution in [0, 0.1) is 12.7 Å². The number of ketones is 1. The molecule has 0 saturated carbocycles. The second-order valence-corrected chi connectivity index (χ2v) is 8.63. The van der Waals surface area contributed by atoms with Crippen LogP contribution < -0.4 is 4.90 Å². The maximum Gasteiger partial charge on any atom is 0.326 e. The van der Waals surface area contributed by atoms with Gasteiger partial charge in [0.15, 0.2) is 10.9 Å². The molecule has 0 aliphatic carbocycles. The first-order valence-corrected chi connectivity index (χ1v) is 11.0. The van der Waals surface area contributed by atoms with Gasteiger partial charge in [-0.25, -0.2) is 14.2 Å². The number of urea groups is 1. The summed E-state index contributed by atoms with van der Waals surface area (Å²) in [6, 6.07) is 11.6. The maximum atomic E-state index is 13.2. The summed E-state index contributed by atoms with van der Waals surface area (Å²) in [5.74, 6) is -0.292. The van der Waals surface area contributed by atoms with Crippen molar-refractivity contribution in [1.29, 1.82) is 0 Å². The molecule has 6 nitrogen and oxygen atoms in total. The highest BCUT2D eigenvalue weighted by molar-refractivity contribution is 7.17. The van der Waals surface area contributed by atoms with Gasteiger partial charge in [-0.3, -0.25) is 14.7 Å². The van der Waals surface area contributed by atoms with Crippen LogP contribution in [0.3, 0.4) is 0 Å². The number of hydrogen-bond acceptors (Lipinski definition) is 5. The van der Waals surface area contributed by atoms with Crippen LogP contribution in [0.15, 0.2) is 48.7 Å². The van der Waals surface area contributed by atoms with Gasteiger partial charge in [-0.05, 0) is 50.1 Å². The van der Waals surface area contributed by atoms with E-state index in [1.54, 1.807) is 35.1 Å². The summed E-state index contributed by atoms with van der Waals surface area (Å²) in [6.07, 6.45) is 2.63. The Labute approximate surface area is 184 Å². The molecule has 1 aliphatic heterocycles. The summed E-state index contributed by atoms with van der Waals surface area (Å²) < 4.78 is 13.2. The zero-order valence-corrected chi connectivity index (χ0v) is 18.2. The zero-order valence-electron chi connectivity index (χ0n) is 17.4. The van der Waals surface area contributed by atoms with Crippen LogP contribution in [0.25, 0.3) is 0 Å². The Kier molecular flexibility index (Phi) is 6.08. The van der Waals surface area contributed by atoms with Crippen molar-refractivity contribution < 1.29 is 14.0 Å². The first-order valence-electron chi connectivity index (χ1n) is 10.2. The molecule has 0 radical (unpaired) electrons. The molecule has 2 aromatic heterocycles. The van der Waals surface area contributed by atoms with Gasteiger partial charge in [0, 0.05) is 30.9 Å². The number of benzene rings is 1. The van der Waals surface area contributed by atoms with Gasteiger partial charge in [-0.2, -0.15) is 0 Å². The summed E-state index contributed by atoms with van der Waals surface area (Å²) in [4.78, 5) is 38.5. The van der Waals surface area contributed by atoms with Crippen LogP contribution in [-0.4, -0.2) is 39.3 Å².